The molecule has 0 aromatic rings. The average Bonchev–Trinajstić information content (AvgIpc) is 2.81. The van der Waals surface area contributed by atoms with Crippen molar-refractivity contribution in [3.8, 4) is 0 Å². The molecule has 0 atom stereocenters. The zero-order valence-electron chi connectivity index (χ0n) is 22.7. The Hall–Kier alpha value is -0.780. The molecule has 0 unspecified atom stereocenters. The SMILES string of the molecule is C=CC=CCCCCCCCCCCCC.C=CCCCCCCCCCCCCCC. The largest absolute Gasteiger partial charge is 0.103 e. The molecule has 0 fully saturated rings. The van der Waals surface area contributed by atoms with E-state index in [1.165, 1.54) is 154 Å². The van der Waals surface area contributed by atoms with Gasteiger partial charge in [0, 0.05) is 0 Å². The second-order valence-corrected chi connectivity index (χ2v) is 9.60. The van der Waals surface area contributed by atoms with E-state index in [1.54, 1.807) is 0 Å². The summed E-state index contributed by atoms with van der Waals surface area (Å²) in [4.78, 5) is 0. The van der Waals surface area contributed by atoms with Gasteiger partial charge < -0.3 is 0 Å². The van der Waals surface area contributed by atoms with E-state index in [0.717, 1.165) is 0 Å². The van der Waals surface area contributed by atoms with Crippen LogP contribution in [0, 0.1) is 0 Å². The summed E-state index contributed by atoms with van der Waals surface area (Å²) in [6.07, 6.45) is 42.0. The van der Waals surface area contributed by atoms with Crippen LogP contribution in [0.5, 0.6) is 0 Å². The van der Waals surface area contributed by atoms with Gasteiger partial charge in [0.25, 0.3) is 0 Å². The summed E-state index contributed by atoms with van der Waals surface area (Å²) in [5.41, 5.74) is 0. The molecule has 0 aliphatic rings. The van der Waals surface area contributed by atoms with Crippen LogP contribution in [-0.2, 0) is 0 Å². The second kappa shape index (κ2) is 34.8. The predicted molar refractivity (Wildman–Crippen MR) is 152 cm³/mol. The summed E-state index contributed by atoms with van der Waals surface area (Å²) < 4.78 is 0. The molecule has 0 bridgehead atoms. The standard InChI is InChI=1S/C16H32.C16H30/c2*1-3-5-7-9-11-13-15-16-14-12-10-8-6-4-2/h3H,1,4-16H2,2H3;3,5,7H,1,4,6,8-16H2,2H3. The van der Waals surface area contributed by atoms with Crippen molar-refractivity contribution in [2.45, 2.75) is 168 Å². The third-order valence-corrected chi connectivity index (χ3v) is 6.26. The third kappa shape index (κ3) is 36.6. The molecule has 0 N–H and O–H groups in total. The first-order chi connectivity index (χ1) is 15.8. The molecule has 0 spiro atoms. The van der Waals surface area contributed by atoms with Gasteiger partial charge in [0.1, 0.15) is 0 Å². The molecule has 0 aliphatic carbocycles. The number of hydrogen-bond acceptors (Lipinski definition) is 0. The van der Waals surface area contributed by atoms with Crippen LogP contribution in [0.3, 0.4) is 0 Å². The highest BCUT2D eigenvalue weighted by atomic mass is 14.0. The predicted octanol–water partition coefficient (Wildman–Crippen LogP) is 12.3. The zero-order chi connectivity index (χ0) is 23.8. The van der Waals surface area contributed by atoms with Crippen LogP contribution in [0.2, 0.25) is 0 Å². The third-order valence-electron chi connectivity index (χ3n) is 6.26. The first-order valence-electron chi connectivity index (χ1n) is 14.7. The fraction of sp³-hybridized carbons (Fsp3) is 0.812. The topological polar surface area (TPSA) is 0 Å². The van der Waals surface area contributed by atoms with E-state index < -0.39 is 0 Å². The fourth-order valence-electron chi connectivity index (χ4n) is 4.07. The molecular formula is C32H62. The molecule has 190 valence electrons. The van der Waals surface area contributed by atoms with E-state index >= 15 is 0 Å². The first-order valence-corrected chi connectivity index (χ1v) is 14.7. The monoisotopic (exact) mass is 446 g/mol. The van der Waals surface area contributed by atoms with Gasteiger partial charge in [-0.1, -0.05) is 173 Å². The van der Waals surface area contributed by atoms with E-state index in [1.807, 2.05) is 18.2 Å². The highest BCUT2D eigenvalue weighted by Gasteiger charge is 1.93. The lowest BCUT2D eigenvalue weighted by atomic mass is 10.0. The molecule has 0 heteroatoms. The van der Waals surface area contributed by atoms with Crippen molar-refractivity contribution in [3.05, 3.63) is 37.5 Å². The molecule has 0 aliphatic heterocycles. The van der Waals surface area contributed by atoms with E-state index in [4.69, 9.17) is 0 Å². The Morgan fingerprint density at radius 1 is 0.406 bits per heavy atom. The van der Waals surface area contributed by atoms with E-state index in [2.05, 4.69) is 33.1 Å². The Kier molecular flexibility index (Phi) is 36.3. The van der Waals surface area contributed by atoms with Gasteiger partial charge in [-0.3, -0.25) is 0 Å². The summed E-state index contributed by atoms with van der Waals surface area (Å²) >= 11 is 0. The zero-order valence-corrected chi connectivity index (χ0v) is 22.7. The second-order valence-electron chi connectivity index (χ2n) is 9.60. The Morgan fingerprint density at radius 3 is 1.03 bits per heavy atom. The Bertz CT molecular complexity index is 351. The minimum atomic E-state index is 1.21. The molecule has 0 radical (unpaired) electrons. The maximum atomic E-state index is 3.75. The van der Waals surface area contributed by atoms with Gasteiger partial charge in [-0.15, -0.1) is 6.58 Å². The van der Waals surface area contributed by atoms with Gasteiger partial charge in [0.2, 0.25) is 0 Å². The van der Waals surface area contributed by atoms with Crippen LogP contribution < -0.4 is 0 Å². The summed E-state index contributed by atoms with van der Waals surface area (Å²) in [5, 5.41) is 0. The van der Waals surface area contributed by atoms with Gasteiger partial charge in [-0.25, -0.2) is 0 Å². The van der Waals surface area contributed by atoms with Crippen molar-refractivity contribution in [2.24, 2.45) is 0 Å². The number of unbranched alkanes of at least 4 members (excludes halogenated alkanes) is 22. The summed E-state index contributed by atoms with van der Waals surface area (Å²) in [6, 6.07) is 0. The van der Waals surface area contributed by atoms with Crippen LogP contribution in [0.4, 0.5) is 0 Å². The molecule has 0 saturated carbocycles. The van der Waals surface area contributed by atoms with Crippen molar-refractivity contribution in [2.75, 3.05) is 0 Å². The van der Waals surface area contributed by atoms with Crippen LogP contribution in [0.1, 0.15) is 168 Å². The fourth-order valence-corrected chi connectivity index (χ4v) is 4.07. The highest BCUT2D eigenvalue weighted by molar-refractivity contribution is 4.96. The van der Waals surface area contributed by atoms with Crippen LogP contribution >= 0.6 is 0 Å². The Morgan fingerprint density at radius 2 is 0.719 bits per heavy atom. The minimum absolute atomic E-state index is 1.21. The molecule has 0 rings (SSSR count). The van der Waals surface area contributed by atoms with Crippen molar-refractivity contribution >= 4 is 0 Å². The molecule has 0 saturated heterocycles. The van der Waals surface area contributed by atoms with Crippen LogP contribution in [0.15, 0.2) is 37.5 Å². The normalized spacial score (nSPS) is 10.8. The minimum Gasteiger partial charge on any atom is -0.103 e. The van der Waals surface area contributed by atoms with Gasteiger partial charge in [-0.2, -0.15) is 0 Å². The van der Waals surface area contributed by atoms with Crippen molar-refractivity contribution < 1.29 is 0 Å². The maximum Gasteiger partial charge on any atom is -0.0348 e. The van der Waals surface area contributed by atoms with E-state index in [-0.39, 0.29) is 0 Å². The van der Waals surface area contributed by atoms with Crippen molar-refractivity contribution in [1.29, 1.82) is 0 Å². The lowest BCUT2D eigenvalue weighted by molar-refractivity contribution is 0.545. The van der Waals surface area contributed by atoms with Gasteiger partial charge in [0.05, 0.1) is 0 Å². The lowest BCUT2D eigenvalue weighted by Crippen LogP contribution is -1.82. The molecular weight excluding hydrogens is 384 g/mol. The van der Waals surface area contributed by atoms with Crippen LogP contribution in [0.25, 0.3) is 0 Å². The molecule has 0 aromatic carbocycles. The summed E-state index contributed by atoms with van der Waals surface area (Å²) in [6.45, 7) is 12.0. The first kappa shape index (κ1) is 33.4. The molecule has 0 aromatic heterocycles. The molecule has 0 nitrogen and oxygen atoms in total. The Labute approximate surface area is 205 Å². The van der Waals surface area contributed by atoms with Gasteiger partial charge in [0.15, 0.2) is 0 Å². The number of allylic oxidation sites excluding steroid dienone is 4. The van der Waals surface area contributed by atoms with E-state index in [0.29, 0.717) is 0 Å². The Balaban J connectivity index is 0. The number of hydrogen-bond donors (Lipinski definition) is 0. The summed E-state index contributed by atoms with van der Waals surface area (Å²) in [7, 11) is 0. The smallest absolute Gasteiger partial charge is 0.0348 e. The highest BCUT2D eigenvalue weighted by Crippen LogP contribution is 2.13. The average molecular weight is 447 g/mol. The van der Waals surface area contributed by atoms with Crippen molar-refractivity contribution in [3.63, 3.8) is 0 Å². The number of rotatable bonds is 25. The lowest BCUT2D eigenvalue weighted by Gasteiger charge is -2.02. The van der Waals surface area contributed by atoms with Gasteiger partial charge >= 0.3 is 0 Å². The molecule has 32 heavy (non-hydrogen) atoms. The van der Waals surface area contributed by atoms with Crippen molar-refractivity contribution in [1.82, 2.24) is 0 Å². The summed E-state index contributed by atoms with van der Waals surface area (Å²) in [5.74, 6) is 0. The van der Waals surface area contributed by atoms with Gasteiger partial charge in [-0.05, 0) is 25.7 Å². The molecule has 0 heterocycles. The quantitative estimate of drug-likeness (QED) is 0.0742. The van der Waals surface area contributed by atoms with Crippen LogP contribution in [-0.4, -0.2) is 0 Å². The van der Waals surface area contributed by atoms with E-state index in [9.17, 15) is 0 Å². The maximum absolute atomic E-state index is 3.75. The molecule has 0 amide bonds.